The van der Waals surface area contributed by atoms with E-state index in [9.17, 15) is 27.2 Å². The summed E-state index contributed by atoms with van der Waals surface area (Å²) in [5.41, 5.74) is -0.599. The van der Waals surface area contributed by atoms with E-state index < -0.39 is 35.0 Å². The molecule has 0 radical (unpaired) electrons. The number of carbonyl (C=O) groups excluding carboxylic acids is 2. The fourth-order valence-corrected chi connectivity index (χ4v) is 3.30. The molecule has 1 aliphatic heterocycles. The van der Waals surface area contributed by atoms with E-state index >= 15 is 0 Å². The summed E-state index contributed by atoms with van der Waals surface area (Å²) in [6, 6.07) is 8.67. The molecule has 5 nitrogen and oxygen atoms in total. The van der Waals surface area contributed by atoms with E-state index in [1.165, 1.54) is 4.90 Å². The van der Waals surface area contributed by atoms with Crippen LogP contribution < -0.4 is 4.90 Å². The van der Waals surface area contributed by atoms with Crippen molar-refractivity contribution in [1.82, 2.24) is 4.90 Å². The Morgan fingerprint density at radius 3 is 2.20 bits per heavy atom. The third-order valence-electron chi connectivity index (χ3n) is 4.83. The predicted octanol–water partition coefficient (Wildman–Crippen LogP) is 3.98. The van der Waals surface area contributed by atoms with Crippen molar-refractivity contribution < 1.29 is 31.9 Å². The number of hydrogen-bond acceptors (Lipinski definition) is 4. The van der Waals surface area contributed by atoms with Gasteiger partial charge in [0, 0.05) is 31.9 Å². The lowest BCUT2D eigenvalue weighted by atomic mass is 10.0. The quantitative estimate of drug-likeness (QED) is 0.550. The van der Waals surface area contributed by atoms with Crippen molar-refractivity contribution in [2.45, 2.75) is 13.1 Å². The summed E-state index contributed by atoms with van der Waals surface area (Å²) in [6.45, 7) is 3.15. The maximum Gasteiger partial charge on any atom is 0.417 e. The summed E-state index contributed by atoms with van der Waals surface area (Å²) < 4.78 is 58.0. The molecule has 2 aromatic carbocycles. The van der Waals surface area contributed by atoms with Gasteiger partial charge in [-0.1, -0.05) is 0 Å². The number of nitrogens with zero attached hydrogens (tertiary/aromatic N) is 2. The van der Waals surface area contributed by atoms with E-state index in [2.05, 4.69) is 0 Å². The van der Waals surface area contributed by atoms with Gasteiger partial charge < -0.3 is 14.5 Å². The molecule has 1 saturated heterocycles. The van der Waals surface area contributed by atoms with Gasteiger partial charge in [-0.05, 0) is 49.4 Å². The molecule has 1 fully saturated rings. The number of anilines is 1. The van der Waals surface area contributed by atoms with Crippen LogP contribution in [0, 0.1) is 5.82 Å². The van der Waals surface area contributed by atoms with E-state index in [1.54, 1.807) is 31.2 Å². The summed E-state index contributed by atoms with van der Waals surface area (Å²) in [6.07, 6.45) is -4.75. The minimum Gasteiger partial charge on any atom is -0.462 e. The Labute approximate surface area is 170 Å². The van der Waals surface area contributed by atoms with Gasteiger partial charge in [0.05, 0.1) is 23.3 Å². The zero-order valence-electron chi connectivity index (χ0n) is 16.2. The van der Waals surface area contributed by atoms with Crippen LogP contribution in [0.25, 0.3) is 0 Å². The summed E-state index contributed by atoms with van der Waals surface area (Å²) in [7, 11) is 0. The van der Waals surface area contributed by atoms with Crippen molar-refractivity contribution in [3.63, 3.8) is 0 Å². The molecule has 0 saturated carbocycles. The van der Waals surface area contributed by atoms with Crippen LogP contribution in [0.5, 0.6) is 0 Å². The molecule has 0 atom stereocenters. The average Bonchev–Trinajstić information content (AvgIpc) is 2.72. The first-order valence-corrected chi connectivity index (χ1v) is 9.39. The van der Waals surface area contributed by atoms with E-state index in [1.807, 2.05) is 4.90 Å². The lowest BCUT2D eigenvalue weighted by molar-refractivity contribution is -0.138. The van der Waals surface area contributed by atoms with Crippen molar-refractivity contribution in [2.24, 2.45) is 0 Å². The topological polar surface area (TPSA) is 49.9 Å². The van der Waals surface area contributed by atoms with E-state index in [4.69, 9.17) is 4.74 Å². The second kappa shape index (κ2) is 8.73. The van der Waals surface area contributed by atoms with Gasteiger partial charge in [0.1, 0.15) is 5.82 Å². The fourth-order valence-electron chi connectivity index (χ4n) is 3.30. The first-order valence-electron chi connectivity index (χ1n) is 9.39. The second-order valence-electron chi connectivity index (χ2n) is 6.73. The number of piperazine rings is 1. The largest absolute Gasteiger partial charge is 0.462 e. The van der Waals surface area contributed by atoms with Gasteiger partial charge in [-0.25, -0.2) is 9.18 Å². The molecule has 1 amide bonds. The van der Waals surface area contributed by atoms with E-state index in [0.29, 0.717) is 36.9 Å². The van der Waals surface area contributed by atoms with Gasteiger partial charge in [-0.3, -0.25) is 4.79 Å². The van der Waals surface area contributed by atoms with Crippen molar-refractivity contribution in [3.8, 4) is 0 Å². The van der Waals surface area contributed by atoms with Gasteiger partial charge in [0.2, 0.25) is 0 Å². The van der Waals surface area contributed by atoms with E-state index in [-0.39, 0.29) is 19.7 Å². The number of carbonyl (C=O) groups is 2. The van der Waals surface area contributed by atoms with Crippen LogP contribution in [0.4, 0.5) is 23.2 Å². The third-order valence-corrected chi connectivity index (χ3v) is 4.83. The highest BCUT2D eigenvalue weighted by Gasteiger charge is 2.37. The first-order chi connectivity index (χ1) is 14.2. The highest BCUT2D eigenvalue weighted by atomic mass is 19.4. The molecule has 0 aliphatic carbocycles. The minimum absolute atomic E-state index is 0.187. The van der Waals surface area contributed by atoms with Crippen LogP contribution in [0.2, 0.25) is 0 Å². The third kappa shape index (κ3) is 4.72. The number of rotatable bonds is 4. The molecule has 0 spiro atoms. The highest BCUT2D eigenvalue weighted by molar-refractivity contribution is 5.96. The molecule has 3 rings (SSSR count). The first kappa shape index (κ1) is 21.6. The molecule has 0 unspecified atom stereocenters. The maximum atomic E-state index is 13.5. The fraction of sp³-hybridized carbons (Fsp3) is 0.333. The van der Waals surface area contributed by atoms with Crippen molar-refractivity contribution >= 4 is 17.6 Å². The van der Waals surface area contributed by atoms with E-state index in [0.717, 1.165) is 5.69 Å². The minimum atomic E-state index is -4.75. The second-order valence-corrected chi connectivity index (χ2v) is 6.73. The zero-order valence-corrected chi connectivity index (χ0v) is 16.2. The molecule has 0 N–H and O–H groups in total. The zero-order chi connectivity index (χ0) is 21.9. The van der Waals surface area contributed by atoms with Crippen LogP contribution in [0.3, 0.4) is 0 Å². The lowest BCUT2D eigenvalue weighted by Crippen LogP contribution is -2.49. The number of amides is 1. The van der Waals surface area contributed by atoms with Crippen molar-refractivity contribution in [1.29, 1.82) is 0 Å². The van der Waals surface area contributed by atoms with Gasteiger partial charge in [-0.2, -0.15) is 13.2 Å². The van der Waals surface area contributed by atoms with Gasteiger partial charge in [0.25, 0.3) is 5.91 Å². The van der Waals surface area contributed by atoms with Gasteiger partial charge >= 0.3 is 12.1 Å². The monoisotopic (exact) mass is 424 g/mol. The Bertz CT molecular complexity index is 921. The number of alkyl halides is 3. The lowest BCUT2D eigenvalue weighted by Gasteiger charge is -2.36. The maximum absolute atomic E-state index is 13.5. The predicted molar refractivity (Wildman–Crippen MR) is 102 cm³/mol. The van der Waals surface area contributed by atoms with Crippen molar-refractivity contribution in [2.75, 3.05) is 37.7 Å². The Morgan fingerprint density at radius 2 is 1.63 bits per heavy atom. The summed E-state index contributed by atoms with van der Waals surface area (Å²) in [4.78, 5) is 27.6. The molecule has 160 valence electrons. The normalized spacial score (nSPS) is 14.6. The van der Waals surface area contributed by atoms with Crippen LogP contribution in [-0.2, 0) is 10.9 Å². The smallest absolute Gasteiger partial charge is 0.417 e. The van der Waals surface area contributed by atoms with Crippen LogP contribution >= 0.6 is 0 Å². The number of ether oxygens (including phenoxy) is 1. The van der Waals surface area contributed by atoms with Gasteiger partial charge in [0.15, 0.2) is 0 Å². The molecule has 30 heavy (non-hydrogen) atoms. The SMILES string of the molecule is CCOC(=O)c1ccc(N2CCN(C(=O)c3cc(F)ccc3C(F)(F)F)CC2)cc1. The summed E-state index contributed by atoms with van der Waals surface area (Å²) in [5, 5.41) is 0. The Morgan fingerprint density at radius 1 is 1.00 bits per heavy atom. The Kier molecular flexibility index (Phi) is 6.28. The van der Waals surface area contributed by atoms with Crippen molar-refractivity contribution in [3.05, 3.63) is 65.0 Å². The van der Waals surface area contributed by atoms with Crippen LogP contribution in [0.1, 0.15) is 33.2 Å². The number of hydrogen-bond donors (Lipinski definition) is 0. The number of halogens is 4. The number of benzene rings is 2. The Balaban J connectivity index is 1.68. The molecule has 1 aliphatic rings. The molecule has 2 aromatic rings. The summed E-state index contributed by atoms with van der Waals surface area (Å²) in [5.74, 6) is -2.17. The molecule has 1 heterocycles. The molecule has 9 heteroatoms. The highest BCUT2D eigenvalue weighted by Crippen LogP contribution is 2.33. The van der Waals surface area contributed by atoms with Crippen LogP contribution in [0.15, 0.2) is 42.5 Å². The Hall–Kier alpha value is -3.10. The standard InChI is InChI=1S/C21H20F4N2O3/c1-2-30-20(29)14-3-6-16(7-4-14)26-9-11-27(12-10-26)19(28)17-13-15(22)5-8-18(17)21(23,24)25/h3-8,13H,2,9-12H2,1H3. The molecular weight excluding hydrogens is 404 g/mol. The van der Waals surface area contributed by atoms with Gasteiger partial charge in [-0.15, -0.1) is 0 Å². The molecular formula is C21H20F4N2O3. The average molecular weight is 424 g/mol. The molecule has 0 bridgehead atoms. The summed E-state index contributed by atoms with van der Waals surface area (Å²) >= 11 is 0. The molecule has 0 aromatic heterocycles. The van der Waals surface area contributed by atoms with Crippen LogP contribution in [-0.4, -0.2) is 49.6 Å². The number of esters is 1.